The minimum Gasteiger partial charge on any atom is -0.382 e. The lowest BCUT2D eigenvalue weighted by Crippen LogP contribution is -2.29. The maximum atomic E-state index is 12.2. The Labute approximate surface area is 157 Å². The molecule has 0 fully saturated rings. The van der Waals surface area contributed by atoms with Gasteiger partial charge in [-0.3, -0.25) is 9.36 Å². The van der Waals surface area contributed by atoms with Crippen LogP contribution in [0.15, 0.2) is 54.3 Å². The first-order valence-electron chi connectivity index (χ1n) is 8.53. The number of aromatic nitrogens is 4. The van der Waals surface area contributed by atoms with Gasteiger partial charge in [0, 0.05) is 37.8 Å². The average Bonchev–Trinajstić information content (AvgIpc) is 3.18. The molecule has 0 unspecified atom stereocenters. The molecule has 0 aliphatic carbocycles. The summed E-state index contributed by atoms with van der Waals surface area (Å²) in [6.45, 7) is 4.42. The Hall–Kier alpha value is -3.55. The maximum Gasteiger partial charge on any atom is 0.273 e. The predicted octanol–water partition coefficient (Wildman–Crippen LogP) is 2.27. The zero-order valence-electron chi connectivity index (χ0n) is 15.3. The van der Waals surface area contributed by atoms with Crippen molar-refractivity contribution in [3.63, 3.8) is 0 Å². The summed E-state index contributed by atoms with van der Waals surface area (Å²) in [5.74, 6) is 0.518. The van der Waals surface area contributed by atoms with E-state index in [2.05, 4.69) is 20.3 Å². The third kappa shape index (κ3) is 4.35. The van der Waals surface area contributed by atoms with E-state index in [1.54, 1.807) is 12.5 Å². The van der Waals surface area contributed by atoms with Crippen LogP contribution in [0, 0.1) is 13.8 Å². The van der Waals surface area contributed by atoms with Gasteiger partial charge in [-0.2, -0.15) is 0 Å². The van der Waals surface area contributed by atoms with Crippen LogP contribution in [0.5, 0.6) is 0 Å². The second-order valence-electron chi connectivity index (χ2n) is 6.03. The molecule has 0 saturated heterocycles. The number of nitrogens with one attached hydrogen (secondary N) is 1. The van der Waals surface area contributed by atoms with Gasteiger partial charge in [-0.25, -0.2) is 19.9 Å². The van der Waals surface area contributed by atoms with Crippen molar-refractivity contribution in [2.75, 3.05) is 12.3 Å². The van der Waals surface area contributed by atoms with Gasteiger partial charge >= 0.3 is 0 Å². The van der Waals surface area contributed by atoms with E-state index < -0.39 is 0 Å². The minimum atomic E-state index is -0.363. The van der Waals surface area contributed by atoms with Crippen molar-refractivity contribution >= 4 is 23.2 Å². The molecule has 138 valence electrons. The number of imidazole rings is 1. The molecule has 3 aromatic rings. The summed E-state index contributed by atoms with van der Waals surface area (Å²) in [7, 11) is 0. The van der Waals surface area contributed by atoms with E-state index >= 15 is 0 Å². The van der Waals surface area contributed by atoms with Crippen molar-refractivity contribution in [3.05, 3.63) is 66.1 Å². The van der Waals surface area contributed by atoms with E-state index in [-0.39, 0.29) is 17.4 Å². The van der Waals surface area contributed by atoms with Crippen LogP contribution < -0.4 is 11.1 Å². The van der Waals surface area contributed by atoms with Gasteiger partial charge in [-0.05, 0) is 25.0 Å². The summed E-state index contributed by atoms with van der Waals surface area (Å²) in [5, 5.41) is 2.81. The van der Waals surface area contributed by atoms with Crippen LogP contribution in [0.4, 0.5) is 11.5 Å². The monoisotopic (exact) mass is 363 g/mol. The highest BCUT2D eigenvalue weighted by Crippen LogP contribution is 2.23. The van der Waals surface area contributed by atoms with E-state index in [0.717, 1.165) is 22.6 Å². The van der Waals surface area contributed by atoms with Crippen molar-refractivity contribution in [1.29, 1.82) is 0 Å². The van der Waals surface area contributed by atoms with Gasteiger partial charge < -0.3 is 11.1 Å². The molecule has 2 heterocycles. The molecule has 0 atom stereocenters. The normalized spacial score (nSPS) is 11.4. The van der Waals surface area contributed by atoms with Gasteiger partial charge in [-0.15, -0.1) is 0 Å². The van der Waals surface area contributed by atoms with Crippen molar-refractivity contribution in [2.24, 2.45) is 4.99 Å². The number of carbonyl (C=O) groups is 1. The van der Waals surface area contributed by atoms with Gasteiger partial charge in [0.05, 0.1) is 5.69 Å². The van der Waals surface area contributed by atoms with Gasteiger partial charge in [0.1, 0.15) is 12.2 Å². The Morgan fingerprint density at radius 2 is 1.93 bits per heavy atom. The summed E-state index contributed by atoms with van der Waals surface area (Å²) in [6, 6.07) is 6.05. The van der Waals surface area contributed by atoms with Gasteiger partial charge in [0.2, 0.25) is 0 Å². The number of para-hydroxylation sites is 1. The number of hydrogen-bond acceptors (Lipinski definition) is 6. The molecule has 0 radical (unpaired) electrons. The molecule has 0 aliphatic heterocycles. The van der Waals surface area contributed by atoms with E-state index in [0.29, 0.717) is 13.0 Å². The molecule has 27 heavy (non-hydrogen) atoms. The third-order valence-electron chi connectivity index (χ3n) is 4.06. The fourth-order valence-corrected chi connectivity index (χ4v) is 2.66. The maximum absolute atomic E-state index is 12.2. The number of anilines is 1. The first kappa shape index (κ1) is 18.2. The van der Waals surface area contributed by atoms with Crippen molar-refractivity contribution in [2.45, 2.75) is 20.3 Å². The fraction of sp³-hybridized carbons (Fsp3) is 0.211. The highest BCUT2D eigenvalue weighted by atomic mass is 16.1. The molecule has 2 aromatic heterocycles. The van der Waals surface area contributed by atoms with Crippen LogP contribution in [-0.4, -0.2) is 37.8 Å². The molecular formula is C19H21N7O. The molecule has 0 bridgehead atoms. The third-order valence-corrected chi connectivity index (χ3v) is 4.06. The Morgan fingerprint density at radius 1 is 1.19 bits per heavy atom. The number of nitrogens with two attached hydrogens (primary N) is 1. The number of amides is 1. The van der Waals surface area contributed by atoms with E-state index in [4.69, 9.17) is 10.7 Å². The highest BCUT2D eigenvalue weighted by Gasteiger charge is 2.12. The van der Waals surface area contributed by atoms with Crippen LogP contribution in [0.25, 0.3) is 0 Å². The first-order chi connectivity index (χ1) is 13.1. The Kier molecular flexibility index (Phi) is 5.55. The van der Waals surface area contributed by atoms with Crippen molar-refractivity contribution in [3.8, 4) is 0 Å². The molecule has 0 spiro atoms. The van der Waals surface area contributed by atoms with E-state index in [9.17, 15) is 4.79 Å². The number of nitrogen functional groups attached to an aromatic ring is 1. The zero-order valence-corrected chi connectivity index (χ0v) is 15.3. The quantitative estimate of drug-likeness (QED) is 0.533. The van der Waals surface area contributed by atoms with Gasteiger partial charge in [0.15, 0.2) is 11.5 Å². The van der Waals surface area contributed by atoms with Crippen LogP contribution in [-0.2, 0) is 0 Å². The fourth-order valence-electron chi connectivity index (χ4n) is 2.66. The molecule has 1 aromatic carbocycles. The van der Waals surface area contributed by atoms with Crippen LogP contribution in [0.3, 0.4) is 0 Å². The number of carbonyl (C=O) groups excluding carboxylic acids is 1. The minimum absolute atomic E-state index is 0.106. The number of rotatable bonds is 5. The van der Waals surface area contributed by atoms with Gasteiger partial charge in [-0.1, -0.05) is 18.2 Å². The standard InChI is InChI=1S/C19H21N7O/c1-13-4-3-5-14(2)16(13)25-15(26-11-10-21-12-26)6-7-24-19(27)17-18(20)23-9-8-22-17/h3-5,8-12H,6-7H2,1-2H3,(H2,20,23)(H,24,27). The van der Waals surface area contributed by atoms with E-state index in [1.807, 2.05) is 42.8 Å². The lowest BCUT2D eigenvalue weighted by atomic mass is 10.1. The van der Waals surface area contributed by atoms with E-state index in [1.165, 1.54) is 12.4 Å². The summed E-state index contributed by atoms with van der Waals surface area (Å²) in [6.07, 6.45) is 8.60. The smallest absolute Gasteiger partial charge is 0.273 e. The molecule has 1 amide bonds. The zero-order chi connectivity index (χ0) is 19.2. The largest absolute Gasteiger partial charge is 0.382 e. The Bertz CT molecular complexity index is 944. The molecule has 3 rings (SSSR count). The Morgan fingerprint density at radius 3 is 2.59 bits per heavy atom. The van der Waals surface area contributed by atoms with Crippen LogP contribution >= 0.6 is 0 Å². The molecule has 0 saturated carbocycles. The summed E-state index contributed by atoms with van der Waals surface area (Å²) in [5.41, 5.74) is 8.91. The lowest BCUT2D eigenvalue weighted by molar-refractivity contribution is 0.0950. The number of aliphatic imine (C=N–C) groups is 1. The number of hydrogen-bond donors (Lipinski definition) is 2. The van der Waals surface area contributed by atoms with Crippen molar-refractivity contribution in [1.82, 2.24) is 24.8 Å². The van der Waals surface area contributed by atoms with Crippen LogP contribution in [0.1, 0.15) is 28.0 Å². The SMILES string of the molecule is Cc1cccc(C)c1N=C(CCNC(=O)c1nccnc1N)n1ccnc1. The summed E-state index contributed by atoms with van der Waals surface area (Å²) < 4.78 is 1.84. The number of benzene rings is 1. The molecule has 3 N–H and O–H groups in total. The predicted molar refractivity (Wildman–Crippen MR) is 104 cm³/mol. The van der Waals surface area contributed by atoms with Crippen molar-refractivity contribution < 1.29 is 4.79 Å². The molecule has 8 nitrogen and oxygen atoms in total. The lowest BCUT2D eigenvalue weighted by Gasteiger charge is -2.11. The van der Waals surface area contributed by atoms with Gasteiger partial charge in [0.25, 0.3) is 5.91 Å². The second kappa shape index (κ2) is 8.22. The van der Waals surface area contributed by atoms with Crippen LogP contribution in [0.2, 0.25) is 0 Å². The topological polar surface area (TPSA) is 111 Å². The highest BCUT2D eigenvalue weighted by molar-refractivity contribution is 5.96. The number of nitrogens with zero attached hydrogens (tertiary/aromatic N) is 5. The summed E-state index contributed by atoms with van der Waals surface area (Å²) >= 11 is 0. The first-order valence-corrected chi connectivity index (χ1v) is 8.53. The number of aryl methyl sites for hydroxylation is 2. The molecule has 8 heteroatoms. The molecule has 0 aliphatic rings. The average molecular weight is 363 g/mol. The second-order valence-corrected chi connectivity index (χ2v) is 6.03. The Balaban J connectivity index is 1.77. The molecular weight excluding hydrogens is 342 g/mol. The summed E-state index contributed by atoms with van der Waals surface area (Å²) in [4.78, 5) is 29.0.